The molecule has 11 rings (SSSR count). The molecule has 1 aromatic heterocycles. The van der Waals surface area contributed by atoms with Gasteiger partial charge in [0.25, 0.3) is 0 Å². The van der Waals surface area contributed by atoms with Gasteiger partial charge >= 0.3 is 0 Å². The van der Waals surface area contributed by atoms with E-state index in [1.807, 2.05) is 0 Å². The number of hydrogen-bond donors (Lipinski definition) is 0. The third kappa shape index (κ3) is 4.77. The van der Waals surface area contributed by atoms with Crippen LogP contribution in [-0.2, 0) is 6.42 Å². The Morgan fingerprint density at radius 1 is 0.566 bits per heavy atom. The minimum absolute atomic E-state index is 0.0114. The Labute approximate surface area is 309 Å². The van der Waals surface area contributed by atoms with Crippen LogP contribution in [0, 0.1) is 17.3 Å². The standard InChI is InChI=1S/C52H38O/c1-32-14-19-43-46(25-32)50(39-16-15-33-9-3-4-10-34(33)26-39)44-21-18-37(29-47(44)51(43)40-22-24-52(2)23-8-7-13-41(52)27-40)38-17-20-42-45-28-35-11-5-6-12-36(35)30-49(45)53-48(42)31-38/h3-24,26-32,41H,25H2,1-2H3. The molecule has 0 aliphatic heterocycles. The second-order valence-corrected chi connectivity index (χ2v) is 15.6. The van der Waals surface area contributed by atoms with Crippen LogP contribution >= 0.6 is 0 Å². The summed E-state index contributed by atoms with van der Waals surface area (Å²) >= 11 is 0. The van der Waals surface area contributed by atoms with Crippen LogP contribution in [0.15, 0.2) is 168 Å². The van der Waals surface area contributed by atoms with E-state index in [9.17, 15) is 0 Å². The van der Waals surface area contributed by atoms with E-state index in [1.165, 1.54) is 71.3 Å². The minimum atomic E-state index is -0.0114. The summed E-state index contributed by atoms with van der Waals surface area (Å²) in [6, 6.07) is 42.6. The van der Waals surface area contributed by atoms with Crippen LogP contribution in [-0.4, -0.2) is 0 Å². The molecule has 1 heterocycles. The fraction of sp³-hybridized carbons (Fsp3) is 0.115. The maximum atomic E-state index is 6.55. The van der Waals surface area contributed by atoms with E-state index in [1.54, 1.807) is 0 Å². The fourth-order valence-corrected chi connectivity index (χ4v) is 9.27. The summed E-state index contributed by atoms with van der Waals surface area (Å²) < 4.78 is 6.55. The lowest BCUT2D eigenvalue weighted by Gasteiger charge is -2.35. The van der Waals surface area contributed by atoms with Crippen LogP contribution < -0.4 is 0 Å². The van der Waals surface area contributed by atoms with Gasteiger partial charge in [0.1, 0.15) is 11.2 Å². The zero-order valence-electron chi connectivity index (χ0n) is 29.9. The topological polar surface area (TPSA) is 13.1 Å². The van der Waals surface area contributed by atoms with Crippen molar-refractivity contribution in [1.29, 1.82) is 0 Å². The first-order valence-corrected chi connectivity index (χ1v) is 18.9. The van der Waals surface area contributed by atoms with Crippen LogP contribution in [0.1, 0.15) is 30.5 Å². The number of fused-ring (bicyclic) bond motifs is 8. The first-order chi connectivity index (χ1) is 26.0. The van der Waals surface area contributed by atoms with Crippen molar-refractivity contribution in [1.82, 2.24) is 0 Å². The van der Waals surface area contributed by atoms with Gasteiger partial charge in [-0.15, -0.1) is 0 Å². The van der Waals surface area contributed by atoms with E-state index in [-0.39, 0.29) is 5.41 Å². The highest BCUT2D eigenvalue weighted by atomic mass is 16.3. The van der Waals surface area contributed by atoms with Crippen molar-refractivity contribution in [2.75, 3.05) is 0 Å². The summed E-state index contributed by atoms with van der Waals surface area (Å²) in [4.78, 5) is 0. The molecule has 0 saturated carbocycles. The highest BCUT2D eigenvalue weighted by Crippen LogP contribution is 2.49. The van der Waals surface area contributed by atoms with Crippen molar-refractivity contribution in [2.45, 2.75) is 20.3 Å². The van der Waals surface area contributed by atoms with Crippen LogP contribution in [0.3, 0.4) is 0 Å². The summed E-state index contributed by atoms with van der Waals surface area (Å²) in [5, 5.41) is 9.87. The van der Waals surface area contributed by atoms with Gasteiger partial charge in [0, 0.05) is 22.1 Å². The van der Waals surface area contributed by atoms with E-state index < -0.39 is 0 Å². The van der Waals surface area contributed by atoms with Gasteiger partial charge in [0.2, 0.25) is 0 Å². The molecule has 1 nitrogen and oxygen atoms in total. The normalized spacial score (nSPS) is 20.5. The molecule has 0 saturated heterocycles. The number of allylic oxidation sites excluding steroid dienone is 9. The average molecular weight is 679 g/mol. The van der Waals surface area contributed by atoms with Crippen molar-refractivity contribution in [3.63, 3.8) is 0 Å². The van der Waals surface area contributed by atoms with E-state index >= 15 is 0 Å². The van der Waals surface area contributed by atoms with E-state index in [0.29, 0.717) is 11.8 Å². The van der Waals surface area contributed by atoms with Crippen LogP contribution in [0.4, 0.5) is 0 Å². The monoisotopic (exact) mass is 678 g/mol. The molecule has 0 radical (unpaired) electrons. The van der Waals surface area contributed by atoms with Gasteiger partial charge in [-0.1, -0.05) is 147 Å². The lowest BCUT2D eigenvalue weighted by molar-refractivity contribution is 0.454. The molecule has 0 N–H and O–H groups in total. The fourth-order valence-electron chi connectivity index (χ4n) is 9.27. The van der Waals surface area contributed by atoms with Crippen molar-refractivity contribution in [3.05, 3.63) is 181 Å². The van der Waals surface area contributed by atoms with Gasteiger partial charge in [-0.05, 0) is 126 Å². The second kappa shape index (κ2) is 11.4. The van der Waals surface area contributed by atoms with E-state index in [0.717, 1.165) is 33.9 Å². The Bertz CT molecular complexity index is 3010. The largest absolute Gasteiger partial charge is 0.456 e. The smallest absolute Gasteiger partial charge is 0.136 e. The number of benzene rings is 7. The Hall–Kier alpha value is -6.18. The zero-order chi connectivity index (χ0) is 35.3. The maximum Gasteiger partial charge on any atom is 0.136 e. The van der Waals surface area contributed by atoms with Gasteiger partial charge < -0.3 is 4.42 Å². The summed E-state index contributed by atoms with van der Waals surface area (Å²) in [7, 11) is 0. The highest BCUT2D eigenvalue weighted by molar-refractivity contribution is 6.13. The van der Waals surface area contributed by atoms with E-state index in [2.05, 4.69) is 184 Å². The number of hydrogen-bond acceptors (Lipinski definition) is 1. The molecule has 8 aromatic rings. The average Bonchev–Trinajstić information content (AvgIpc) is 3.55. The van der Waals surface area contributed by atoms with Gasteiger partial charge in [0.05, 0.1) is 0 Å². The zero-order valence-corrected chi connectivity index (χ0v) is 29.9. The van der Waals surface area contributed by atoms with Crippen LogP contribution in [0.2, 0.25) is 0 Å². The molecule has 3 aliphatic carbocycles. The van der Waals surface area contributed by atoms with Crippen molar-refractivity contribution in [2.24, 2.45) is 17.3 Å². The predicted molar refractivity (Wildman–Crippen MR) is 226 cm³/mol. The molecule has 0 fully saturated rings. The summed E-state index contributed by atoms with van der Waals surface area (Å²) in [6.07, 6.45) is 22.2. The Kier molecular flexibility index (Phi) is 6.55. The molecule has 53 heavy (non-hydrogen) atoms. The van der Waals surface area contributed by atoms with Gasteiger partial charge in [0.15, 0.2) is 0 Å². The molecule has 3 unspecified atom stereocenters. The first kappa shape index (κ1) is 30.4. The lowest BCUT2D eigenvalue weighted by atomic mass is 9.69. The molecule has 0 spiro atoms. The lowest BCUT2D eigenvalue weighted by Crippen LogP contribution is -2.24. The quantitative estimate of drug-likeness (QED) is 0.181. The SMILES string of the molecule is CC1C=Cc2c(c(-c3ccc4ccccc4c3)c3ccc(-c4ccc5c(c4)oc4cc6ccccc6cc45)cc3c2C2=CC3C=CC=CC3(C)C=C2)C1. The Morgan fingerprint density at radius 2 is 1.28 bits per heavy atom. The van der Waals surface area contributed by atoms with Crippen molar-refractivity contribution >= 4 is 65.9 Å². The van der Waals surface area contributed by atoms with Gasteiger partial charge in [-0.2, -0.15) is 0 Å². The molecule has 3 aliphatic rings. The van der Waals surface area contributed by atoms with E-state index in [4.69, 9.17) is 4.42 Å². The first-order valence-electron chi connectivity index (χ1n) is 18.9. The predicted octanol–water partition coefficient (Wildman–Crippen LogP) is 14.3. The summed E-state index contributed by atoms with van der Waals surface area (Å²) in [6.45, 7) is 4.69. The highest BCUT2D eigenvalue weighted by Gasteiger charge is 2.32. The third-order valence-corrected chi connectivity index (χ3v) is 12.2. The maximum absolute atomic E-state index is 6.55. The van der Waals surface area contributed by atoms with Gasteiger partial charge in [-0.25, -0.2) is 0 Å². The molecular formula is C52H38O. The Morgan fingerprint density at radius 3 is 2.13 bits per heavy atom. The summed E-state index contributed by atoms with van der Waals surface area (Å²) in [5.41, 5.74) is 12.3. The second-order valence-electron chi connectivity index (χ2n) is 15.6. The van der Waals surface area contributed by atoms with Gasteiger partial charge in [-0.3, -0.25) is 0 Å². The minimum Gasteiger partial charge on any atom is -0.456 e. The van der Waals surface area contributed by atoms with Crippen LogP contribution in [0.25, 0.3) is 88.2 Å². The van der Waals surface area contributed by atoms with Crippen molar-refractivity contribution in [3.8, 4) is 22.3 Å². The Balaban J connectivity index is 1.17. The number of furan rings is 1. The molecule has 7 aromatic carbocycles. The molecule has 0 bridgehead atoms. The third-order valence-electron chi connectivity index (χ3n) is 12.2. The molecule has 3 atom stereocenters. The molecular weight excluding hydrogens is 641 g/mol. The molecule has 0 amide bonds. The molecule has 252 valence electrons. The van der Waals surface area contributed by atoms with Crippen LogP contribution in [0.5, 0.6) is 0 Å². The summed E-state index contributed by atoms with van der Waals surface area (Å²) in [5.74, 6) is 0.769. The molecule has 1 heteroatoms. The van der Waals surface area contributed by atoms with Crippen molar-refractivity contribution < 1.29 is 4.42 Å². The number of rotatable bonds is 3.